The molecule has 1 aliphatic heterocycles. The molecule has 0 spiro atoms. The molecule has 0 atom stereocenters. The first kappa shape index (κ1) is 20.9. The summed E-state index contributed by atoms with van der Waals surface area (Å²) in [5, 5.41) is 3.30. The van der Waals surface area contributed by atoms with Crippen molar-refractivity contribution in [3.8, 4) is 0 Å². The lowest BCUT2D eigenvalue weighted by Crippen LogP contribution is -2.53. The van der Waals surface area contributed by atoms with Gasteiger partial charge in [-0.15, -0.1) is 0 Å². The summed E-state index contributed by atoms with van der Waals surface area (Å²) in [5.74, 6) is 0.787. The summed E-state index contributed by atoms with van der Waals surface area (Å²) in [4.78, 5) is 21.0. The molecule has 1 aliphatic rings. The van der Waals surface area contributed by atoms with Gasteiger partial charge >= 0.3 is 0 Å². The largest absolute Gasteiger partial charge is 0.459 e. The van der Waals surface area contributed by atoms with Crippen LogP contribution in [0.3, 0.4) is 0 Å². The average Bonchev–Trinajstić information content (AvgIpc) is 3.28. The van der Waals surface area contributed by atoms with Crippen molar-refractivity contribution < 1.29 is 18.3 Å². The lowest BCUT2D eigenvalue weighted by molar-refractivity contribution is 0.0657. The summed E-state index contributed by atoms with van der Waals surface area (Å²) in [6.45, 7) is 5.97. The number of nitrogens with one attached hydrogen (secondary N) is 1. The van der Waals surface area contributed by atoms with Crippen molar-refractivity contribution >= 4 is 11.9 Å². The highest BCUT2D eigenvalue weighted by Gasteiger charge is 2.25. The van der Waals surface area contributed by atoms with E-state index in [9.17, 15) is 9.18 Å². The molecule has 1 aromatic carbocycles. The third-order valence-electron chi connectivity index (χ3n) is 4.75. The molecule has 0 aliphatic carbocycles. The lowest BCUT2D eigenvalue weighted by atomic mass is 10.1. The van der Waals surface area contributed by atoms with Gasteiger partial charge in [-0.1, -0.05) is 6.07 Å². The number of rotatable bonds is 6. The number of aliphatic imine (C=N–C) groups is 1. The maximum absolute atomic E-state index is 13.8. The Labute approximate surface area is 170 Å². The van der Waals surface area contributed by atoms with Gasteiger partial charge in [0.15, 0.2) is 11.7 Å². The molecule has 29 heavy (non-hydrogen) atoms. The minimum absolute atomic E-state index is 0.0893. The van der Waals surface area contributed by atoms with Crippen molar-refractivity contribution in [2.45, 2.75) is 20.1 Å². The fourth-order valence-corrected chi connectivity index (χ4v) is 3.26. The van der Waals surface area contributed by atoms with Gasteiger partial charge < -0.3 is 24.3 Å². The Balaban J connectivity index is 1.63. The highest BCUT2D eigenvalue weighted by atomic mass is 19.1. The molecule has 156 valence electrons. The van der Waals surface area contributed by atoms with E-state index >= 15 is 0 Å². The van der Waals surface area contributed by atoms with Gasteiger partial charge in [-0.2, -0.15) is 0 Å². The fraction of sp³-hybridized carbons (Fsp3) is 0.429. The van der Waals surface area contributed by atoms with Crippen LogP contribution in [0.25, 0.3) is 0 Å². The van der Waals surface area contributed by atoms with Gasteiger partial charge in [-0.3, -0.25) is 4.79 Å². The van der Waals surface area contributed by atoms with Crippen LogP contribution in [0, 0.1) is 5.82 Å². The molecule has 1 saturated heterocycles. The number of furan rings is 1. The van der Waals surface area contributed by atoms with Crippen LogP contribution in [0.15, 0.2) is 46.0 Å². The Morgan fingerprint density at radius 3 is 2.66 bits per heavy atom. The first-order valence-corrected chi connectivity index (χ1v) is 9.74. The summed E-state index contributed by atoms with van der Waals surface area (Å²) in [7, 11) is 1.55. The molecular weight excluding hydrogens is 375 g/mol. The minimum atomic E-state index is -0.274. The maximum Gasteiger partial charge on any atom is 0.289 e. The second-order valence-electron chi connectivity index (χ2n) is 6.79. The van der Waals surface area contributed by atoms with E-state index < -0.39 is 0 Å². The number of halogens is 1. The van der Waals surface area contributed by atoms with E-state index in [1.54, 1.807) is 36.3 Å². The molecule has 1 aromatic heterocycles. The van der Waals surface area contributed by atoms with Crippen molar-refractivity contribution in [3.05, 3.63) is 59.3 Å². The number of nitrogens with zero attached hydrogens (tertiary/aromatic N) is 3. The minimum Gasteiger partial charge on any atom is -0.459 e. The smallest absolute Gasteiger partial charge is 0.289 e. The van der Waals surface area contributed by atoms with Crippen LogP contribution in [-0.4, -0.2) is 61.5 Å². The number of guanidine groups is 1. The fourth-order valence-electron chi connectivity index (χ4n) is 3.26. The van der Waals surface area contributed by atoms with Gasteiger partial charge in [-0.05, 0) is 36.8 Å². The summed E-state index contributed by atoms with van der Waals surface area (Å²) < 4.78 is 24.0. The highest BCUT2D eigenvalue weighted by Crippen LogP contribution is 2.14. The molecule has 0 radical (unpaired) electrons. The van der Waals surface area contributed by atoms with E-state index in [-0.39, 0.29) is 18.3 Å². The average molecular weight is 402 g/mol. The zero-order valence-corrected chi connectivity index (χ0v) is 16.9. The van der Waals surface area contributed by atoms with E-state index in [4.69, 9.17) is 14.1 Å². The van der Waals surface area contributed by atoms with Crippen LogP contribution in [-0.2, 0) is 17.9 Å². The number of piperazine rings is 1. The number of methoxy groups -OCH3 is 1. The number of carbonyl (C=O) groups is 1. The molecule has 1 N–H and O–H groups in total. The topological polar surface area (TPSA) is 70.3 Å². The Morgan fingerprint density at radius 1 is 1.24 bits per heavy atom. The zero-order valence-electron chi connectivity index (χ0n) is 16.9. The Bertz CT molecular complexity index is 830. The Kier molecular flexibility index (Phi) is 7.24. The van der Waals surface area contributed by atoms with Crippen LogP contribution < -0.4 is 5.32 Å². The molecule has 3 rings (SSSR count). The van der Waals surface area contributed by atoms with Gasteiger partial charge in [0, 0.05) is 45.4 Å². The number of amides is 1. The molecule has 7 nitrogen and oxygen atoms in total. The summed E-state index contributed by atoms with van der Waals surface area (Å²) in [6, 6.07) is 8.37. The van der Waals surface area contributed by atoms with E-state index in [2.05, 4.69) is 10.2 Å². The number of hydrogen-bond acceptors (Lipinski definition) is 4. The van der Waals surface area contributed by atoms with Crippen LogP contribution in [0.4, 0.5) is 4.39 Å². The number of hydrogen-bond donors (Lipinski definition) is 1. The van der Waals surface area contributed by atoms with E-state index in [0.717, 1.165) is 18.1 Å². The second kappa shape index (κ2) is 10.1. The molecule has 0 saturated carbocycles. The standard InChI is InChI=1S/C21H27FN4O3/c1-3-23-21(24-14-16-6-7-18(22)17(13-16)15-28-2)26-10-8-25(9-11-26)20(27)19-5-4-12-29-19/h4-7,12-13H,3,8-11,14-15H2,1-2H3,(H,23,24). The molecule has 0 unspecified atom stereocenters. The van der Waals surface area contributed by atoms with Gasteiger partial charge in [0.05, 0.1) is 19.4 Å². The third-order valence-corrected chi connectivity index (χ3v) is 4.75. The first-order chi connectivity index (χ1) is 14.1. The lowest BCUT2D eigenvalue weighted by Gasteiger charge is -2.36. The van der Waals surface area contributed by atoms with E-state index in [1.165, 1.54) is 12.3 Å². The second-order valence-corrected chi connectivity index (χ2v) is 6.79. The van der Waals surface area contributed by atoms with Crippen molar-refractivity contribution in [1.29, 1.82) is 0 Å². The summed E-state index contributed by atoms with van der Waals surface area (Å²) in [5.41, 5.74) is 1.44. The van der Waals surface area contributed by atoms with Crippen LogP contribution in [0.2, 0.25) is 0 Å². The Morgan fingerprint density at radius 2 is 2.00 bits per heavy atom. The first-order valence-electron chi connectivity index (χ1n) is 9.74. The maximum atomic E-state index is 13.8. The van der Waals surface area contributed by atoms with Crippen LogP contribution in [0.5, 0.6) is 0 Å². The van der Waals surface area contributed by atoms with E-state index in [1.807, 2.05) is 6.92 Å². The molecule has 2 aromatic rings. The number of benzene rings is 1. The molecular formula is C21H27FN4O3. The van der Waals surface area contributed by atoms with Crippen molar-refractivity contribution in [2.24, 2.45) is 4.99 Å². The predicted molar refractivity (Wildman–Crippen MR) is 108 cm³/mol. The Hall–Kier alpha value is -2.87. The zero-order chi connectivity index (χ0) is 20.6. The van der Waals surface area contributed by atoms with Crippen LogP contribution in [0.1, 0.15) is 28.6 Å². The summed E-state index contributed by atoms with van der Waals surface area (Å²) >= 11 is 0. The van der Waals surface area contributed by atoms with Crippen molar-refractivity contribution in [3.63, 3.8) is 0 Å². The van der Waals surface area contributed by atoms with Gasteiger partial charge in [0.2, 0.25) is 0 Å². The monoisotopic (exact) mass is 402 g/mol. The molecule has 1 fully saturated rings. The number of ether oxygens (including phenoxy) is 1. The summed E-state index contributed by atoms with van der Waals surface area (Å²) in [6.07, 6.45) is 1.51. The van der Waals surface area contributed by atoms with Gasteiger partial charge in [-0.25, -0.2) is 9.38 Å². The van der Waals surface area contributed by atoms with E-state index in [0.29, 0.717) is 44.0 Å². The molecule has 8 heteroatoms. The molecule has 2 heterocycles. The van der Waals surface area contributed by atoms with Crippen LogP contribution >= 0.6 is 0 Å². The predicted octanol–water partition coefficient (Wildman–Crippen LogP) is 2.49. The SMILES string of the molecule is CCNC(=NCc1ccc(F)c(COC)c1)N1CCN(C(=O)c2ccco2)CC1. The number of carbonyl (C=O) groups excluding carboxylic acids is 1. The van der Waals surface area contributed by atoms with Gasteiger partial charge in [0.25, 0.3) is 5.91 Å². The highest BCUT2D eigenvalue weighted by molar-refractivity contribution is 5.91. The van der Waals surface area contributed by atoms with Crippen molar-refractivity contribution in [2.75, 3.05) is 39.8 Å². The normalized spacial score (nSPS) is 14.9. The molecule has 0 bridgehead atoms. The van der Waals surface area contributed by atoms with Gasteiger partial charge in [0.1, 0.15) is 5.82 Å². The quantitative estimate of drug-likeness (QED) is 0.594. The third kappa shape index (κ3) is 5.35. The van der Waals surface area contributed by atoms with Crippen molar-refractivity contribution in [1.82, 2.24) is 15.1 Å². The molecule has 1 amide bonds.